The Morgan fingerprint density at radius 2 is 2.12 bits per heavy atom. The lowest BCUT2D eigenvalue weighted by atomic mass is 9.96. The number of ether oxygens (including phenoxy) is 2. The van der Waals surface area contributed by atoms with Gasteiger partial charge in [0, 0.05) is 11.6 Å². The quantitative estimate of drug-likeness (QED) is 0.926. The minimum absolute atomic E-state index is 0.0978. The normalized spacial score (nSPS) is 25.7. The fraction of sp³-hybridized carbons (Fsp3) is 0.556. The van der Waals surface area contributed by atoms with E-state index in [2.05, 4.69) is 22.7 Å². The van der Waals surface area contributed by atoms with Gasteiger partial charge in [-0.25, -0.2) is 5.43 Å². The Morgan fingerprint density at radius 1 is 1.29 bits per heavy atom. The van der Waals surface area contributed by atoms with Gasteiger partial charge in [0.15, 0.2) is 5.84 Å². The van der Waals surface area contributed by atoms with Crippen molar-refractivity contribution in [2.45, 2.75) is 57.1 Å². The van der Waals surface area contributed by atoms with Crippen molar-refractivity contribution in [1.82, 2.24) is 5.43 Å². The monoisotopic (exact) mass is 327 g/mol. The molecule has 0 saturated heterocycles. The molecule has 1 atom stereocenters. The third-order valence-corrected chi connectivity index (χ3v) is 5.41. The van der Waals surface area contributed by atoms with Crippen molar-refractivity contribution in [2.75, 3.05) is 11.5 Å². The van der Waals surface area contributed by atoms with Crippen molar-refractivity contribution >= 4 is 17.4 Å². The van der Waals surface area contributed by atoms with Gasteiger partial charge in [-0.3, -0.25) is 4.79 Å². The van der Waals surface area contributed by atoms with E-state index in [1.807, 2.05) is 11.8 Å². The second-order valence-electron chi connectivity index (χ2n) is 7.14. The second-order valence-corrected chi connectivity index (χ2v) is 7.14. The van der Waals surface area contributed by atoms with E-state index < -0.39 is 0 Å². The highest BCUT2D eigenvalue weighted by Crippen LogP contribution is 2.50. The fourth-order valence-corrected chi connectivity index (χ4v) is 3.55. The molecule has 1 unspecified atom stereocenters. The van der Waals surface area contributed by atoms with E-state index in [0.717, 1.165) is 35.9 Å². The lowest BCUT2D eigenvalue weighted by Gasteiger charge is -2.38. The molecule has 6 nitrogen and oxygen atoms in total. The molecule has 4 aliphatic rings. The van der Waals surface area contributed by atoms with Gasteiger partial charge >= 0.3 is 0 Å². The van der Waals surface area contributed by atoms with Crippen LogP contribution in [0.3, 0.4) is 0 Å². The summed E-state index contributed by atoms with van der Waals surface area (Å²) in [5.41, 5.74) is 4.71. The summed E-state index contributed by atoms with van der Waals surface area (Å²) in [4.78, 5) is 14.0. The molecule has 2 fully saturated rings. The zero-order valence-corrected chi connectivity index (χ0v) is 13.7. The SMILES string of the molecule is CC1C(=O)NN=C2COc3cc(C4CC4)c(OC4CCC4)cc3N21. The number of hydrogen-bond donors (Lipinski definition) is 1. The number of amides is 1. The number of anilines is 1. The largest absolute Gasteiger partial charge is 0.490 e. The molecule has 0 aromatic heterocycles. The van der Waals surface area contributed by atoms with Gasteiger partial charge < -0.3 is 14.4 Å². The molecule has 0 radical (unpaired) electrons. The minimum atomic E-state index is -0.302. The van der Waals surface area contributed by atoms with Crippen molar-refractivity contribution in [2.24, 2.45) is 5.10 Å². The standard InChI is InChI=1S/C18H21N3O3/c1-10-18(22)20-19-17-9-23-16-7-13(11-5-6-11)15(8-14(16)21(10)17)24-12-3-2-4-12/h7-8,10-12H,2-6,9H2,1H3,(H,20,22). The molecule has 126 valence electrons. The van der Waals surface area contributed by atoms with Crippen molar-refractivity contribution in [3.05, 3.63) is 17.7 Å². The highest BCUT2D eigenvalue weighted by Gasteiger charge is 2.38. The molecule has 0 bridgehead atoms. The number of amidine groups is 1. The van der Waals surface area contributed by atoms with Crippen molar-refractivity contribution < 1.29 is 14.3 Å². The number of nitrogens with one attached hydrogen (secondary N) is 1. The smallest absolute Gasteiger partial charge is 0.262 e. The van der Waals surface area contributed by atoms with E-state index in [1.165, 1.54) is 24.8 Å². The molecule has 1 N–H and O–H groups in total. The van der Waals surface area contributed by atoms with Crippen LogP contribution in [0.25, 0.3) is 0 Å². The lowest BCUT2D eigenvalue weighted by Crippen LogP contribution is -2.55. The molecule has 6 heteroatoms. The van der Waals surface area contributed by atoms with Crippen molar-refractivity contribution in [3.63, 3.8) is 0 Å². The first-order valence-corrected chi connectivity index (χ1v) is 8.84. The maximum Gasteiger partial charge on any atom is 0.262 e. The third-order valence-electron chi connectivity index (χ3n) is 5.41. The molecule has 2 aliphatic carbocycles. The molecule has 24 heavy (non-hydrogen) atoms. The number of hydrazone groups is 1. The molecule has 5 rings (SSSR count). The van der Waals surface area contributed by atoms with Crippen LogP contribution >= 0.6 is 0 Å². The van der Waals surface area contributed by atoms with Gasteiger partial charge in [0.1, 0.15) is 24.1 Å². The Morgan fingerprint density at radius 3 is 2.83 bits per heavy atom. The average Bonchev–Trinajstić information content (AvgIpc) is 3.38. The lowest BCUT2D eigenvalue weighted by molar-refractivity contribution is -0.122. The Kier molecular flexibility index (Phi) is 3.02. The number of rotatable bonds is 3. The Hall–Kier alpha value is -2.24. The van der Waals surface area contributed by atoms with Crippen LogP contribution in [-0.4, -0.2) is 30.5 Å². The third kappa shape index (κ3) is 2.16. The van der Waals surface area contributed by atoms with E-state index in [1.54, 1.807) is 0 Å². The van der Waals surface area contributed by atoms with E-state index in [9.17, 15) is 4.79 Å². The molecule has 1 amide bonds. The Bertz CT molecular complexity index is 737. The predicted octanol–water partition coefficient (Wildman–Crippen LogP) is 2.53. The summed E-state index contributed by atoms with van der Waals surface area (Å²) >= 11 is 0. The average molecular weight is 327 g/mol. The van der Waals surface area contributed by atoms with Crippen LogP contribution in [0.5, 0.6) is 11.5 Å². The number of hydrogen-bond acceptors (Lipinski definition) is 5. The van der Waals surface area contributed by atoms with Crippen LogP contribution in [0, 0.1) is 0 Å². The Balaban J connectivity index is 1.58. The predicted molar refractivity (Wildman–Crippen MR) is 89.7 cm³/mol. The summed E-state index contributed by atoms with van der Waals surface area (Å²) in [5.74, 6) is 3.02. The molecular formula is C18H21N3O3. The van der Waals surface area contributed by atoms with Gasteiger partial charge in [-0.1, -0.05) is 0 Å². The zero-order chi connectivity index (χ0) is 16.3. The summed E-state index contributed by atoms with van der Waals surface area (Å²) in [6.07, 6.45) is 6.28. The fourth-order valence-electron chi connectivity index (χ4n) is 3.55. The number of nitrogens with zero attached hydrogens (tertiary/aromatic N) is 2. The first-order chi connectivity index (χ1) is 11.7. The Labute approximate surface area is 140 Å². The highest BCUT2D eigenvalue weighted by molar-refractivity contribution is 6.09. The summed E-state index contributed by atoms with van der Waals surface area (Å²) in [5, 5.41) is 4.15. The molecule has 0 spiro atoms. The number of benzene rings is 1. The van der Waals surface area contributed by atoms with Crippen molar-refractivity contribution in [1.29, 1.82) is 0 Å². The van der Waals surface area contributed by atoms with E-state index in [-0.39, 0.29) is 11.9 Å². The van der Waals surface area contributed by atoms with Gasteiger partial charge in [-0.2, -0.15) is 5.10 Å². The van der Waals surface area contributed by atoms with Crippen molar-refractivity contribution in [3.8, 4) is 11.5 Å². The maximum atomic E-state index is 12.0. The number of carbonyl (C=O) groups is 1. The van der Waals surface area contributed by atoms with Crippen LogP contribution in [-0.2, 0) is 4.79 Å². The second kappa shape index (κ2) is 5.13. The minimum Gasteiger partial charge on any atom is -0.490 e. The molecule has 2 aliphatic heterocycles. The first-order valence-electron chi connectivity index (χ1n) is 8.84. The summed E-state index contributed by atoms with van der Waals surface area (Å²) < 4.78 is 12.2. The molecule has 2 heterocycles. The van der Waals surface area contributed by atoms with Gasteiger partial charge in [-0.05, 0) is 51.0 Å². The summed E-state index contributed by atoms with van der Waals surface area (Å²) in [6, 6.07) is 3.88. The van der Waals surface area contributed by atoms with E-state index in [4.69, 9.17) is 9.47 Å². The summed E-state index contributed by atoms with van der Waals surface area (Å²) in [6.45, 7) is 2.27. The van der Waals surface area contributed by atoms with Crippen LogP contribution in [0.1, 0.15) is 50.5 Å². The molecule has 2 saturated carbocycles. The van der Waals surface area contributed by atoms with E-state index >= 15 is 0 Å². The van der Waals surface area contributed by atoms with Gasteiger partial charge in [0.05, 0.1) is 11.8 Å². The van der Waals surface area contributed by atoms with Gasteiger partial charge in [0.2, 0.25) is 0 Å². The number of carbonyl (C=O) groups excluding carboxylic acids is 1. The van der Waals surface area contributed by atoms with E-state index in [0.29, 0.717) is 18.6 Å². The van der Waals surface area contributed by atoms with Crippen LogP contribution < -0.4 is 19.8 Å². The summed E-state index contributed by atoms with van der Waals surface area (Å²) in [7, 11) is 0. The number of fused-ring (bicyclic) bond motifs is 3. The highest BCUT2D eigenvalue weighted by atomic mass is 16.5. The molecular weight excluding hydrogens is 306 g/mol. The zero-order valence-electron chi connectivity index (χ0n) is 13.7. The van der Waals surface area contributed by atoms with Crippen LogP contribution in [0.4, 0.5) is 5.69 Å². The maximum absolute atomic E-state index is 12.0. The first kappa shape index (κ1) is 14.1. The van der Waals surface area contributed by atoms with Crippen LogP contribution in [0.15, 0.2) is 17.2 Å². The van der Waals surface area contributed by atoms with Gasteiger partial charge in [-0.15, -0.1) is 0 Å². The molecule has 1 aromatic carbocycles. The van der Waals surface area contributed by atoms with Gasteiger partial charge in [0.25, 0.3) is 5.91 Å². The van der Waals surface area contributed by atoms with Crippen LogP contribution in [0.2, 0.25) is 0 Å². The molecule has 1 aromatic rings. The topological polar surface area (TPSA) is 63.2 Å².